The van der Waals surface area contributed by atoms with Crippen molar-refractivity contribution >= 4 is 29.1 Å². The van der Waals surface area contributed by atoms with E-state index in [-0.39, 0.29) is 17.4 Å². The van der Waals surface area contributed by atoms with Gasteiger partial charge in [-0.2, -0.15) is 0 Å². The predicted octanol–water partition coefficient (Wildman–Crippen LogP) is 4.16. The van der Waals surface area contributed by atoms with E-state index < -0.39 is 0 Å². The molecule has 1 N–H and O–H groups in total. The lowest BCUT2D eigenvalue weighted by Crippen LogP contribution is -2.41. The van der Waals surface area contributed by atoms with Crippen LogP contribution >= 0.6 is 23.2 Å². The molecule has 0 fully saturated rings. The molecule has 4 heteroatoms. The Kier molecular flexibility index (Phi) is 4.45. The topological polar surface area (TPSA) is 29.1 Å². The number of nitrogens with one attached hydrogen (secondary N) is 1. The fourth-order valence-electron chi connectivity index (χ4n) is 1.17. The van der Waals surface area contributed by atoms with Crippen molar-refractivity contribution in [2.75, 3.05) is 0 Å². The number of halogens is 2. The number of carbonyl (C=O) groups excluding carboxylic acids is 1. The third-order valence-corrected chi connectivity index (χ3v) is 3.66. The van der Waals surface area contributed by atoms with Crippen LogP contribution in [0.1, 0.15) is 38.1 Å². The van der Waals surface area contributed by atoms with Crippen LogP contribution in [0.3, 0.4) is 0 Å². The summed E-state index contributed by atoms with van der Waals surface area (Å²) in [6.45, 7) is 8.17. The molecule has 1 atom stereocenters. The number of benzene rings is 1. The van der Waals surface area contributed by atoms with E-state index in [1.165, 1.54) is 0 Å². The highest BCUT2D eigenvalue weighted by Gasteiger charge is 2.23. The normalized spacial score (nSPS) is 13.3. The Balaban J connectivity index is 2.88. The quantitative estimate of drug-likeness (QED) is 0.862. The van der Waals surface area contributed by atoms with E-state index in [4.69, 9.17) is 23.2 Å². The monoisotopic (exact) mass is 273 g/mol. The Morgan fingerprint density at radius 3 is 2.41 bits per heavy atom. The predicted molar refractivity (Wildman–Crippen MR) is 72.8 cm³/mol. The van der Waals surface area contributed by atoms with Crippen LogP contribution in [-0.2, 0) is 0 Å². The first-order chi connectivity index (χ1) is 7.73. The fourth-order valence-corrected chi connectivity index (χ4v) is 1.56. The van der Waals surface area contributed by atoms with Gasteiger partial charge in [0.25, 0.3) is 5.91 Å². The van der Waals surface area contributed by atoms with Gasteiger partial charge in [-0.1, -0.05) is 50.0 Å². The van der Waals surface area contributed by atoms with Crippen LogP contribution in [0.25, 0.3) is 0 Å². The summed E-state index contributed by atoms with van der Waals surface area (Å²) in [6, 6.07) is 5.09. The highest BCUT2D eigenvalue weighted by molar-refractivity contribution is 6.43. The Morgan fingerprint density at radius 2 is 1.88 bits per heavy atom. The van der Waals surface area contributed by atoms with Crippen molar-refractivity contribution in [3.8, 4) is 0 Å². The second kappa shape index (κ2) is 5.28. The molecule has 0 aliphatic heterocycles. The third-order valence-electron chi connectivity index (χ3n) is 2.84. The highest BCUT2D eigenvalue weighted by atomic mass is 35.5. The zero-order valence-corrected chi connectivity index (χ0v) is 12.0. The second-order valence-electron chi connectivity index (χ2n) is 5.16. The average molecular weight is 274 g/mol. The Morgan fingerprint density at radius 1 is 1.29 bits per heavy atom. The smallest absolute Gasteiger partial charge is 0.253 e. The molecular weight excluding hydrogens is 257 g/mol. The van der Waals surface area contributed by atoms with Crippen LogP contribution in [0.4, 0.5) is 0 Å². The summed E-state index contributed by atoms with van der Waals surface area (Å²) in [5, 5.41) is 3.61. The van der Waals surface area contributed by atoms with Gasteiger partial charge in [0.1, 0.15) is 0 Å². The van der Waals surface area contributed by atoms with Crippen molar-refractivity contribution < 1.29 is 4.79 Å². The average Bonchev–Trinajstić information content (AvgIpc) is 2.20. The lowest BCUT2D eigenvalue weighted by atomic mass is 9.88. The van der Waals surface area contributed by atoms with Crippen molar-refractivity contribution in [3.63, 3.8) is 0 Å². The van der Waals surface area contributed by atoms with E-state index in [2.05, 4.69) is 26.1 Å². The maximum Gasteiger partial charge on any atom is 0.253 e. The lowest BCUT2D eigenvalue weighted by molar-refractivity contribution is 0.0910. The van der Waals surface area contributed by atoms with Gasteiger partial charge in [0.2, 0.25) is 0 Å². The summed E-state index contributed by atoms with van der Waals surface area (Å²) < 4.78 is 0. The highest BCUT2D eigenvalue weighted by Crippen LogP contribution is 2.26. The molecule has 1 rings (SSSR count). The molecule has 1 unspecified atom stereocenters. The molecule has 2 nitrogen and oxygen atoms in total. The number of hydrogen-bond acceptors (Lipinski definition) is 1. The second-order valence-corrected chi connectivity index (χ2v) is 5.95. The van der Waals surface area contributed by atoms with Crippen molar-refractivity contribution in [1.29, 1.82) is 0 Å². The molecular formula is C13H17Cl2NO. The molecule has 0 spiro atoms. The Bertz CT molecular complexity index is 424. The molecule has 94 valence electrons. The maximum absolute atomic E-state index is 12.0. The van der Waals surface area contributed by atoms with Crippen LogP contribution in [0.2, 0.25) is 10.0 Å². The molecule has 0 heterocycles. The van der Waals surface area contributed by atoms with Gasteiger partial charge in [0, 0.05) is 6.04 Å². The van der Waals surface area contributed by atoms with Crippen LogP contribution in [0.15, 0.2) is 18.2 Å². The summed E-state index contributed by atoms with van der Waals surface area (Å²) in [5.74, 6) is -0.195. The Hall–Kier alpha value is -0.730. The van der Waals surface area contributed by atoms with Crippen molar-refractivity contribution in [3.05, 3.63) is 33.8 Å². The molecule has 1 aromatic carbocycles. The molecule has 0 radical (unpaired) electrons. The first kappa shape index (κ1) is 14.3. The first-order valence-corrected chi connectivity index (χ1v) is 6.24. The fraction of sp³-hybridized carbons (Fsp3) is 0.462. The van der Waals surface area contributed by atoms with Gasteiger partial charge in [-0.15, -0.1) is 0 Å². The number of amides is 1. The van der Waals surface area contributed by atoms with Crippen LogP contribution in [0, 0.1) is 5.41 Å². The number of carbonyl (C=O) groups is 1. The van der Waals surface area contributed by atoms with Gasteiger partial charge in [0.15, 0.2) is 0 Å². The van der Waals surface area contributed by atoms with Gasteiger partial charge < -0.3 is 5.32 Å². The van der Waals surface area contributed by atoms with Crippen LogP contribution in [-0.4, -0.2) is 11.9 Å². The van der Waals surface area contributed by atoms with Gasteiger partial charge in [-0.25, -0.2) is 0 Å². The van der Waals surface area contributed by atoms with Crippen molar-refractivity contribution in [2.24, 2.45) is 5.41 Å². The van der Waals surface area contributed by atoms with Gasteiger partial charge in [-0.3, -0.25) is 4.79 Å². The van der Waals surface area contributed by atoms with Gasteiger partial charge in [-0.05, 0) is 24.5 Å². The van der Waals surface area contributed by atoms with E-state index in [1.807, 2.05) is 6.92 Å². The summed E-state index contributed by atoms with van der Waals surface area (Å²) >= 11 is 11.9. The largest absolute Gasteiger partial charge is 0.349 e. The number of hydrogen-bond donors (Lipinski definition) is 1. The van der Waals surface area contributed by atoms with E-state index in [0.29, 0.717) is 15.6 Å². The minimum Gasteiger partial charge on any atom is -0.349 e. The summed E-state index contributed by atoms with van der Waals surface area (Å²) in [5.41, 5.74) is 0.413. The summed E-state index contributed by atoms with van der Waals surface area (Å²) in [7, 11) is 0. The van der Waals surface area contributed by atoms with Gasteiger partial charge in [0.05, 0.1) is 15.6 Å². The van der Waals surface area contributed by atoms with Crippen LogP contribution in [0.5, 0.6) is 0 Å². The minimum atomic E-state index is -0.195. The number of rotatable bonds is 2. The van der Waals surface area contributed by atoms with Crippen molar-refractivity contribution in [2.45, 2.75) is 33.7 Å². The molecule has 0 aliphatic carbocycles. The lowest BCUT2D eigenvalue weighted by Gasteiger charge is -2.28. The molecule has 1 amide bonds. The maximum atomic E-state index is 12.0. The van der Waals surface area contributed by atoms with E-state index in [0.717, 1.165) is 0 Å². The molecule has 0 aromatic heterocycles. The molecule has 17 heavy (non-hydrogen) atoms. The minimum absolute atomic E-state index is 0.000706. The standard InChI is InChI=1S/C13H17Cl2NO/c1-8(13(2,3)4)16-12(17)9-6-5-7-10(14)11(9)15/h5-8H,1-4H3,(H,16,17). The molecule has 0 bridgehead atoms. The SMILES string of the molecule is CC(NC(=O)c1cccc(Cl)c1Cl)C(C)(C)C. The molecule has 0 saturated heterocycles. The van der Waals surface area contributed by atoms with Crippen LogP contribution < -0.4 is 5.32 Å². The van der Waals surface area contributed by atoms with E-state index in [9.17, 15) is 4.79 Å². The Labute approximate surface area is 112 Å². The zero-order chi connectivity index (χ0) is 13.2. The summed E-state index contributed by atoms with van der Waals surface area (Å²) in [4.78, 5) is 12.0. The summed E-state index contributed by atoms with van der Waals surface area (Å²) in [6.07, 6.45) is 0. The van der Waals surface area contributed by atoms with E-state index in [1.54, 1.807) is 18.2 Å². The molecule has 1 aromatic rings. The van der Waals surface area contributed by atoms with Crippen molar-refractivity contribution in [1.82, 2.24) is 5.32 Å². The molecule has 0 saturated carbocycles. The van der Waals surface area contributed by atoms with E-state index >= 15 is 0 Å². The molecule has 0 aliphatic rings. The third kappa shape index (κ3) is 3.62. The first-order valence-electron chi connectivity index (χ1n) is 5.48. The van der Waals surface area contributed by atoms with Gasteiger partial charge >= 0.3 is 0 Å². The zero-order valence-electron chi connectivity index (χ0n) is 10.5.